The zero-order valence-electron chi connectivity index (χ0n) is 14.2. The molecule has 0 saturated carbocycles. The number of nitrogens with zero attached hydrogens (tertiary/aromatic N) is 1. The second-order valence-corrected chi connectivity index (χ2v) is 5.60. The lowest BCUT2D eigenvalue weighted by Crippen LogP contribution is -2.31. The van der Waals surface area contributed by atoms with Gasteiger partial charge in [-0.1, -0.05) is 37.8 Å². The van der Waals surface area contributed by atoms with Crippen LogP contribution in [0, 0.1) is 6.92 Å². The van der Waals surface area contributed by atoms with Gasteiger partial charge >= 0.3 is 6.03 Å². The van der Waals surface area contributed by atoms with E-state index < -0.39 is 0 Å². The minimum Gasteiger partial charge on any atom is -0.338 e. The number of allylic oxidation sites excluding steroid dienone is 2. The average molecular weight is 320 g/mol. The Hall–Kier alpha value is -2.11. The van der Waals surface area contributed by atoms with Gasteiger partial charge in [-0.3, -0.25) is 15.1 Å². The lowest BCUT2D eigenvalue weighted by atomic mass is 10.1. The van der Waals surface area contributed by atoms with Crippen LogP contribution >= 0.6 is 0 Å². The van der Waals surface area contributed by atoms with Crippen molar-refractivity contribution in [1.82, 2.24) is 15.3 Å². The molecule has 1 rings (SSSR count). The summed E-state index contributed by atoms with van der Waals surface area (Å²) in [4.78, 5) is 29.5. The van der Waals surface area contributed by atoms with Gasteiger partial charge in [0, 0.05) is 18.3 Å². The van der Waals surface area contributed by atoms with E-state index in [2.05, 4.69) is 39.7 Å². The number of aromatic amines is 1. The standard InChI is InChI=1S/C17H28N4O2/c1-3-4-5-6-7-8-9-10-11-12-18-17(23)21-16-19-14(2)13-15(22)20-16/h3-4,13H,5-12H2,1-2H3,(H3,18,19,20,21,22,23)/b4-3-. The highest BCUT2D eigenvalue weighted by Gasteiger charge is 2.03. The number of unbranched alkanes of at least 4 members (excludes halogenated alkanes) is 6. The first kappa shape index (κ1) is 18.9. The Balaban J connectivity index is 2.05. The molecule has 0 unspecified atom stereocenters. The molecule has 0 bridgehead atoms. The summed E-state index contributed by atoms with van der Waals surface area (Å²) < 4.78 is 0. The topological polar surface area (TPSA) is 86.9 Å². The molecule has 0 aliphatic rings. The number of hydrogen-bond donors (Lipinski definition) is 3. The van der Waals surface area contributed by atoms with Crippen molar-refractivity contribution in [2.24, 2.45) is 0 Å². The third kappa shape index (κ3) is 9.50. The predicted molar refractivity (Wildman–Crippen MR) is 93.7 cm³/mol. The van der Waals surface area contributed by atoms with E-state index >= 15 is 0 Å². The van der Waals surface area contributed by atoms with Crippen molar-refractivity contribution in [2.45, 2.75) is 58.8 Å². The lowest BCUT2D eigenvalue weighted by molar-refractivity contribution is 0.251. The summed E-state index contributed by atoms with van der Waals surface area (Å²) in [6.45, 7) is 4.38. The SMILES string of the molecule is C/C=C\CCCCCCCCNC(=O)Nc1nc(C)cc(=O)[nH]1. The zero-order valence-corrected chi connectivity index (χ0v) is 14.2. The summed E-state index contributed by atoms with van der Waals surface area (Å²) in [5.74, 6) is 0.175. The van der Waals surface area contributed by atoms with Crippen molar-refractivity contribution in [3.63, 3.8) is 0 Å². The Morgan fingerprint density at radius 1 is 1.22 bits per heavy atom. The largest absolute Gasteiger partial charge is 0.338 e. The van der Waals surface area contributed by atoms with Crippen LogP contribution in [-0.2, 0) is 0 Å². The van der Waals surface area contributed by atoms with Gasteiger partial charge in [0.25, 0.3) is 5.56 Å². The van der Waals surface area contributed by atoms with Crippen LogP contribution in [0.2, 0.25) is 0 Å². The highest BCUT2D eigenvalue weighted by Crippen LogP contribution is 2.07. The first-order chi connectivity index (χ1) is 11.1. The molecule has 2 amide bonds. The number of nitrogens with one attached hydrogen (secondary N) is 3. The summed E-state index contributed by atoms with van der Waals surface area (Å²) in [5.41, 5.74) is 0.292. The van der Waals surface area contributed by atoms with Gasteiger partial charge in [0.15, 0.2) is 0 Å². The van der Waals surface area contributed by atoms with Crippen molar-refractivity contribution >= 4 is 12.0 Å². The van der Waals surface area contributed by atoms with Gasteiger partial charge < -0.3 is 5.32 Å². The molecule has 0 fully saturated rings. The van der Waals surface area contributed by atoms with Gasteiger partial charge in [-0.25, -0.2) is 9.78 Å². The molecule has 6 heteroatoms. The molecule has 23 heavy (non-hydrogen) atoms. The van der Waals surface area contributed by atoms with Crippen LogP contribution in [0.25, 0.3) is 0 Å². The molecule has 0 aromatic carbocycles. The highest BCUT2D eigenvalue weighted by atomic mass is 16.2. The van der Waals surface area contributed by atoms with Crippen LogP contribution in [0.3, 0.4) is 0 Å². The zero-order chi connectivity index (χ0) is 16.9. The van der Waals surface area contributed by atoms with Crippen LogP contribution in [0.15, 0.2) is 23.0 Å². The van der Waals surface area contributed by atoms with E-state index in [1.165, 1.54) is 38.2 Å². The average Bonchev–Trinajstić information content (AvgIpc) is 2.48. The van der Waals surface area contributed by atoms with Gasteiger partial charge in [-0.15, -0.1) is 0 Å². The van der Waals surface area contributed by atoms with Gasteiger partial charge in [-0.05, 0) is 33.1 Å². The molecule has 0 spiro atoms. The monoisotopic (exact) mass is 320 g/mol. The maximum atomic E-state index is 11.7. The van der Waals surface area contributed by atoms with E-state index in [0.717, 1.165) is 12.8 Å². The quantitative estimate of drug-likeness (QED) is 0.455. The van der Waals surface area contributed by atoms with Crippen LogP contribution < -0.4 is 16.2 Å². The van der Waals surface area contributed by atoms with E-state index in [9.17, 15) is 9.59 Å². The Morgan fingerprint density at radius 3 is 2.61 bits per heavy atom. The second kappa shape index (κ2) is 11.5. The number of urea groups is 1. The summed E-state index contributed by atoms with van der Waals surface area (Å²) in [6.07, 6.45) is 12.5. The maximum absolute atomic E-state index is 11.7. The minimum absolute atomic E-state index is 0.175. The molecule has 0 radical (unpaired) electrons. The predicted octanol–water partition coefficient (Wildman–Crippen LogP) is 3.51. The first-order valence-electron chi connectivity index (χ1n) is 8.36. The Kier molecular flexibility index (Phi) is 9.43. The smallest absolute Gasteiger partial charge is 0.321 e. The molecule has 1 aromatic rings. The first-order valence-corrected chi connectivity index (χ1v) is 8.36. The van der Waals surface area contributed by atoms with Crippen molar-refractivity contribution in [1.29, 1.82) is 0 Å². The Labute approximate surface area is 137 Å². The molecule has 1 aromatic heterocycles. The molecule has 6 nitrogen and oxygen atoms in total. The van der Waals surface area contributed by atoms with E-state index in [0.29, 0.717) is 12.2 Å². The van der Waals surface area contributed by atoms with Crippen LogP contribution in [-0.4, -0.2) is 22.5 Å². The number of rotatable bonds is 10. The lowest BCUT2D eigenvalue weighted by Gasteiger charge is -2.07. The van der Waals surface area contributed by atoms with Crippen molar-refractivity contribution in [2.75, 3.05) is 11.9 Å². The number of aromatic nitrogens is 2. The molecule has 0 aliphatic heterocycles. The number of hydrogen-bond acceptors (Lipinski definition) is 3. The third-order valence-corrected chi connectivity index (χ3v) is 3.42. The number of carbonyl (C=O) groups excluding carboxylic acids is 1. The van der Waals surface area contributed by atoms with E-state index in [4.69, 9.17) is 0 Å². The van der Waals surface area contributed by atoms with E-state index in [-0.39, 0.29) is 17.5 Å². The van der Waals surface area contributed by atoms with Gasteiger partial charge in [-0.2, -0.15) is 0 Å². The fourth-order valence-electron chi connectivity index (χ4n) is 2.25. The van der Waals surface area contributed by atoms with Crippen molar-refractivity contribution in [3.05, 3.63) is 34.3 Å². The van der Waals surface area contributed by atoms with Crippen molar-refractivity contribution < 1.29 is 4.79 Å². The highest BCUT2D eigenvalue weighted by molar-refractivity contribution is 5.87. The summed E-state index contributed by atoms with van der Waals surface area (Å²) >= 11 is 0. The Morgan fingerprint density at radius 2 is 1.91 bits per heavy atom. The number of anilines is 1. The van der Waals surface area contributed by atoms with Gasteiger partial charge in [0.2, 0.25) is 5.95 Å². The minimum atomic E-state index is -0.342. The number of amides is 2. The fraction of sp³-hybridized carbons (Fsp3) is 0.588. The second-order valence-electron chi connectivity index (χ2n) is 5.60. The van der Waals surface area contributed by atoms with Crippen molar-refractivity contribution in [3.8, 4) is 0 Å². The third-order valence-electron chi connectivity index (χ3n) is 3.42. The molecule has 0 aliphatic carbocycles. The van der Waals surface area contributed by atoms with Crippen LogP contribution in [0.5, 0.6) is 0 Å². The molecule has 0 saturated heterocycles. The number of H-pyrrole nitrogens is 1. The van der Waals surface area contributed by atoms with Crippen LogP contribution in [0.4, 0.5) is 10.7 Å². The summed E-state index contributed by atoms with van der Waals surface area (Å²) in [5, 5.41) is 5.30. The molecule has 128 valence electrons. The summed E-state index contributed by atoms with van der Waals surface area (Å²) in [6, 6.07) is 1.03. The fourth-order valence-corrected chi connectivity index (χ4v) is 2.25. The molecule has 3 N–H and O–H groups in total. The number of aryl methyl sites for hydroxylation is 1. The van der Waals surface area contributed by atoms with Crippen LogP contribution in [0.1, 0.15) is 57.6 Å². The van der Waals surface area contributed by atoms with E-state index in [1.807, 2.05) is 0 Å². The molecular formula is C17H28N4O2. The van der Waals surface area contributed by atoms with Gasteiger partial charge in [0.1, 0.15) is 0 Å². The summed E-state index contributed by atoms with van der Waals surface area (Å²) in [7, 11) is 0. The Bertz CT molecular complexity index is 552. The maximum Gasteiger partial charge on any atom is 0.321 e. The van der Waals surface area contributed by atoms with Gasteiger partial charge in [0.05, 0.1) is 0 Å². The normalized spacial score (nSPS) is 10.9. The molecular weight excluding hydrogens is 292 g/mol. The molecule has 1 heterocycles. The van der Waals surface area contributed by atoms with E-state index in [1.54, 1.807) is 6.92 Å². The molecule has 0 atom stereocenters. The number of carbonyl (C=O) groups is 1.